The molecular weight excluding hydrogens is 378 g/mol. The molecule has 1 amide bonds. The fourth-order valence-corrected chi connectivity index (χ4v) is 3.65. The minimum absolute atomic E-state index is 0.00832. The molecule has 1 aliphatic heterocycles. The van der Waals surface area contributed by atoms with E-state index in [0.717, 1.165) is 21.7 Å². The quantitative estimate of drug-likeness (QED) is 0.762. The number of fused-ring (bicyclic) bond motifs is 3. The highest BCUT2D eigenvalue weighted by molar-refractivity contribution is 7.99. The average Bonchev–Trinajstić information content (AvgIpc) is 2.61. The Morgan fingerprint density at radius 2 is 2.23 bits per heavy atom. The molecule has 0 saturated heterocycles. The van der Waals surface area contributed by atoms with Crippen molar-refractivity contribution in [1.82, 2.24) is 9.97 Å². The maximum absolute atomic E-state index is 11.8. The molecular formula is C17H18ClN3O4S. The molecule has 0 radical (unpaired) electrons. The molecule has 2 aromatic rings. The summed E-state index contributed by atoms with van der Waals surface area (Å²) < 4.78 is 5.08. The highest BCUT2D eigenvalue weighted by atomic mass is 35.5. The van der Waals surface area contributed by atoms with Crippen molar-refractivity contribution in [3.63, 3.8) is 0 Å². The Morgan fingerprint density at radius 3 is 2.92 bits per heavy atom. The second-order valence-corrected chi connectivity index (χ2v) is 7.01. The predicted molar refractivity (Wildman–Crippen MR) is 101 cm³/mol. The maximum atomic E-state index is 11.8. The number of benzene rings is 1. The van der Waals surface area contributed by atoms with Crippen LogP contribution in [0.4, 0.5) is 5.95 Å². The van der Waals surface area contributed by atoms with E-state index in [-0.39, 0.29) is 30.2 Å². The first-order valence-electron chi connectivity index (χ1n) is 7.79. The molecule has 0 saturated carbocycles. The van der Waals surface area contributed by atoms with Crippen LogP contribution in [0.25, 0.3) is 11.3 Å². The molecule has 0 bridgehead atoms. The summed E-state index contributed by atoms with van der Waals surface area (Å²) in [6.07, 6.45) is 1.76. The molecule has 138 valence electrons. The van der Waals surface area contributed by atoms with E-state index < -0.39 is 0 Å². The van der Waals surface area contributed by atoms with Crippen LogP contribution in [0.2, 0.25) is 5.02 Å². The maximum Gasteiger partial charge on any atom is 0.290 e. The molecule has 1 aliphatic rings. The average molecular weight is 396 g/mol. The fourth-order valence-electron chi connectivity index (χ4n) is 2.36. The minimum atomic E-state index is -0.267. The molecule has 1 aromatic carbocycles. The zero-order valence-electron chi connectivity index (χ0n) is 14.2. The third-order valence-corrected chi connectivity index (χ3v) is 4.90. The summed E-state index contributed by atoms with van der Waals surface area (Å²) >= 11 is 7.87. The fraction of sp³-hybridized carbons (Fsp3) is 0.294. The number of carbonyl (C=O) groups excluding carboxylic acids is 1. The van der Waals surface area contributed by atoms with E-state index in [1.165, 1.54) is 0 Å². The predicted octanol–water partition coefficient (Wildman–Crippen LogP) is 3.64. The summed E-state index contributed by atoms with van der Waals surface area (Å²) in [5.41, 5.74) is 2.82. The second kappa shape index (κ2) is 9.51. The number of hydrogen-bond donors (Lipinski definition) is 2. The second-order valence-electron chi connectivity index (χ2n) is 5.19. The van der Waals surface area contributed by atoms with Gasteiger partial charge in [0.2, 0.25) is 5.95 Å². The highest BCUT2D eigenvalue weighted by Crippen LogP contribution is 2.48. The Hall–Kier alpha value is -2.16. The van der Waals surface area contributed by atoms with Gasteiger partial charge in [-0.3, -0.25) is 14.9 Å². The third-order valence-electron chi connectivity index (χ3n) is 3.44. The van der Waals surface area contributed by atoms with Gasteiger partial charge in [-0.25, -0.2) is 9.97 Å². The number of carboxylic acid groups (broad SMARTS) is 1. The summed E-state index contributed by atoms with van der Waals surface area (Å²) in [5, 5.41) is 10.5. The number of rotatable bonds is 4. The van der Waals surface area contributed by atoms with Gasteiger partial charge in [-0.15, -0.1) is 11.8 Å². The van der Waals surface area contributed by atoms with Crippen molar-refractivity contribution in [2.75, 3.05) is 18.5 Å². The van der Waals surface area contributed by atoms with Crippen molar-refractivity contribution in [3.05, 3.63) is 35.0 Å². The van der Waals surface area contributed by atoms with E-state index in [1.807, 2.05) is 25.1 Å². The van der Waals surface area contributed by atoms with E-state index in [2.05, 4.69) is 22.2 Å². The topological polar surface area (TPSA) is 101 Å². The molecule has 7 nitrogen and oxygen atoms in total. The molecule has 0 spiro atoms. The highest BCUT2D eigenvalue weighted by Gasteiger charge is 2.25. The molecule has 1 atom stereocenters. The summed E-state index contributed by atoms with van der Waals surface area (Å²) in [7, 11) is 0. The first kappa shape index (κ1) is 20.2. The smallest absolute Gasteiger partial charge is 0.290 e. The number of halogens is 1. The summed E-state index contributed by atoms with van der Waals surface area (Å²) in [4.78, 5) is 30.0. The molecule has 1 aromatic heterocycles. The lowest BCUT2D eigenvalue weighted by atomic mass is 10.0. The van der Waals surface area contributed by atoms with E-state index >= 15 is 0 Å². The number of nitrogens with zero attached hydrogens (tertiary/aromatic N) is 2. The van der Waals surface area contributed by atoms with Crippen LogP contribution in [-0.2, 0) is 14.3 Å². The van der Waals surface area contributed by atoms with Crippen LogP contribution in [0.15, 0.2) is 29.3 Å². The zero-order chi connectivity index (χ0) is 19.1. The van der Waals surface area contributed by atoms with Gasteiger partial charge in [-0.05, 0) is 32.0 Å². The number of hydrogen-bond acceptors (Lipinski definition) is 6. The van der Waals surface area contributed by atoms with Gasteiger partial charge in [0.25, 0.3) is 12.4 Å². The summed E-state index contributed by atoms with van der Waals surface area (Å²) in [6.45, 7) is 4.17. The van der Waals surface area contributed by atoms with Crippen molar-refractivity contribution >= 4 is 41.7 Å². The summed E-state index contributed by atoms with van der Waals surface area (Å²) in [5.74, 6) is 0.00910. The number of aromatic nitrogens is 2. The number of nitrogens with one attached hydrogen (secondary N) is 1. The van der Waals surface area contributed by atoms with Crippen LogP contribution >= 0.6 is 23.4 Å². The van der Waals surface area contributed by atoms with Crippen LogP contribution in [-0.4, -0.2) is 40.7 Å². The van der Waals surface area contributed by atoms with Gasteiger partial charge in [0.05, 0.1) is 5.69 Å². The van der Waals surface area contributed by atoms with Crippen LogP contribution in [0.1, 0.15) is 24.7 Å². The normalized spacial score (nSPS) is 14.3. The minimum Gasteiger partial charge on any atom is -0.483 e. The van der Waals surface area contributed by atoms with Gasteiger partial charge in [0, 0.05) is 39.1 Å². The molecule has 26 heavy (non-hydrogen) atoms. The largest absolute Gasteiger partial charge is 0.483 e. The van der Waals surface area contributed by atoms with Gasteiger partial charge in [0.1, 0.15) is 6.61 Å². The summed E-state index contributed by atoms with van der Waals surface area (Å²) in [6, 6.07) is 5.77. The molecule has 2 heterocycles. The van der Waals surface area contributed by atoms with Crippen LogP contribution in [0.5, 0.6) is 0 Å². The Bertz CT molecular complexity index is 804. The molecule has 9 heteroatoms. The standard InChI is InChI=1S/C16H16ClN3O2S.CH2O2/c1-3-22-8-14(21)19-16-18-7-12-9(2)23-13-5-4-10(17)6-11(13)15(12)20-16;2-1-3/h4-7,9H,3,8H2,1-2H3,(H,18,19,20,21);1H,(H,2,3). The first-order chi connectivity index (χ1) is 12.5. The Kier molecular flexibility index (Phi) is 7.38. The SMILES string of the molecule is CCOCC(=O)Nc1ncc2c(n1)-c1cc(Cl)ccc1SC2C.O=CO. The van der Waals surface area contributed by atoms with E-state index in [0.29, 0.717) is 11.6 Å². The lowest BCUT2D eigenvalue weighted by Gasteiger charge is -2.23. The van der Waals surface area contributed by atoms with E-state index in [9.17, 15) is 4.79 Å². The lowest BCUT2D eigenvalue weighted by Crippen LogP contribution is -2.20. The molecule has 3 rings (SSSR count). The number of ether oxygens (including phenoxy) is 1. The number of amides is 1. The first-order valence-corrected chi connectivity index (χ1v) is 9.04. The van der Waals surface area contributed by atoms with Crippen LogP contribution in [0, 0.1) is 0 Å². The molecule has 0 fully saturated rings. The molecule has 0 aliphatic carbocycles. The Balaban J connectivity index is 0.000000758. The number of thioether (sulfide) groups is 1. The van der Waals surface area contributed by atoms with Crippen molar-refractivity contribution in [3.8, 4) is 11.3 Å². The van der Waals surface area contributed by atoms with Crippen molar-refractivity contribution < 1.29 is 19.4 Å². The number of carbonyl (C=O) groups is 2. The Labute approximate surface area is 160 Å². The van der Waals surface area contributed by atoms with Crippen LogP contribution < -0.4 is 5.32 Å². The van der Waals surface area contributed by atoms with Crippen LogP contribution in [0.3, 0.4) is 0 Å². The molecule has 2 N–H and O–H groups in total. The van der Waals surface area contributed by atoms with Crippen molar-refractivity contribution in [2.24, 2.45) is 0 Å². The zero-order valence-corrected chi connectivity index (χ0v) is 15.8. The van der Waals surface area contributed by atoms with Gasteiger partial charge < -0.3 is 9.84 Å². The molecule has 1 unspecified atom stereocenters. The van der Waals surface area contributed by atoms with E-state index in [4.69, 9.17) is 26.2 Å². The van der Waals surface area contributed by atoms with Gasteiger partial charge >= 0.3 is 0 Å². The van der Waals surface area contributed by atoms with Crippen molar-refractivity contribution in [2.45, 2.75) is 24.0 Å². The monoisotopic (exact) mass is 395 g/mol. The van der Waals surface area contributed by atoms with Gasteiger partial charge in [0.15, 0.2) is 0 Å². The van der Waals surface area contributed by atoms with Gasteiger partial charge in [-0.1, -0.05) is 11.6 Å². The Morgan fingerprint density at radius 1 is 1.50 bits per heavy atom. The third kappa shape index (κ3) is 4.94. The van der Waals surface area contributed by atoms with Crippen molar-refractivity contribution in [1.29, 1.82) is 0 Å². The van der Waals surface area contributed by atoms with E-state index in [1.54, 1.807) is 18.0 Å². The lowest BCUT2D eigenvalue weighted by molar-refractivity contribution is -0.123. The number of anilines is 1. The van der Waals surface area contributed by atoms with Gasteiger partial charge in [-0.2, -0.15) is 0 Å².